The first-order chi connectivity index (χ1) is 27.8. The van der Waals surface area contributed by atoms with Gasteiger partial charge in [0.25, 0.3) is 0 Å². The molecule has 8 bridgehead atoms. The van der Waals surface area contributed by atoms with Gasteiger partial charge in [0.2, 0.25) is 0 Å². The molecule has 0 unspecified atom stereocenters. The quantitative estimate of drug-likeness (QED) is 0.104. The van der Waals surface area contributed by atoms with Gasteiger partial charge in [-0.25, -0.2) is 0 Å². The van der Waals surface area contributed by atoms with Crippen LogP contribution in [-0.2, 0) is 67.6 Å². The average Bonchev–Trinajstić information content (AvgIpc) is 3.07. The smallest absolute Gasteiger partial charge is 0.507 e. The molecule has 16 heteroatoms. The lowest BCUT2D eigenvalue weighted by molar-refractivity contribution is -0.0505. The molecule has 0 heterocycles. The van der Waals surface area contributed by atoms with Crippen molar-refractivity contribution in [3.63, 3.8) is 0 Å². The highest BCUT2D eigenvalue weighted by atomic mass is 32.2. The highest BCUT2D eigenvalue weighted by Gasteiger charge is 2.50. The third-order valence-electron chi connectivity index (χ3n) is 11.0. The molecule has 0 amide bonds. The summed E-state index contributed by atoms with van der Waals surface area (Å²) in [5.41, 5.74) is -12.0. The van der Waals surface area contributed by atoms with Gasteiger partial charge in [0.05, 0.1) is 0 Å². The van der Waals surface area contributed by atoms with Crippen molar-refractivity contribution in [2.24, 2.45) is 0 Å². The molecule has 4 aromatic carbocycles. The van der Waals surface area contributed by atoms with Gasteiger partial charge in [-0.1, -0.05) is 132 Å². The zero-order chi connectivity index (χ0) is 47.1. The number of rotatable bonds is 4. The van der Waals surface area contributed by atoms with E-state index in [1.165, 1.54) is 24.3 Å². The second-order valence-electron chi connectivity index (χ2n) is 20.2. The Morgan fingerprint density at radius 2 is 0.565 bits per heavy atom. The molecule has 0 saturated carbocycles. The maximum atomic E-state index is 14.2. The van der Waals surface area contributed by atoms with E-state index in [9.17, 15) is 53.4 Å². The molecule has 0 saturated heterocycles. The Morgan fingerprint density at radius 1 is 0.387 bits per heavy atom. The molecule has 0 aliphatic heterocycles. The molecule has 1 aliphatic carbocycles. The molecule has 8 nitrogen and oxygen atoms in total. The molecule has 0 aromatic heterocycles. The van der Waals surface area contributed by atoms with Gasteiger partial charge in [0.1, 0.15) is 23.0 Å². The Kier molecular flexibility index (Phi) is 12.3. The number of halogens is 6. The number of phenolic OH excluding ortho intramolecular Hbond substituents is 2. The maximum Gasteiger partial charge on any atom is 0.534 e. The average molecular weight is 913 g/mol. The van der Waals surface area contributed by atoms with Crippen LogP contribution in [-0.4, -0.2) is 38.1 Å². The molecule has 0 radical (unpaired) electrons. The molecular weight excluding hydrogens is 859 g/mol. The van der Waals surface area contributed by atoms with E-state index in [0.29, 0.717) is 33.4 Å². The van der Waals surface area contributed by atoms with Crippen LogP contribution in [0, 0.1) is 0 Å². The van der Waals surface area contributed by atoms with Gasteiger partial charge in [0, 0.05) is 47.9 Å². The lowest BCUT2D eigenvalue weighted by Gasteiger charge is -2.28. The number of hydrogen-bond donors (Lipinski definition) is 2. The van der Waals surface area contributed by atoms with Gasteiger partial charge in [-0.05, 0) is 66.2 Å². The molecular formula is C46H54F6O8S2. The molecule has 340 valence electrons. The zero-order valence-electron chi connectivity index (χ0n) is 36.9. The highest BCUT2D eigenvalue weighted by molar-refractivity contribution is 7.88. The Labute approximate surface area is 360 Å². The summed E-state index contributed by atoms with van der Waals surface area (Å²) < 4.78 is 147. The van der Waals surface area contributed by atoms with Crippen LogP contribution < -0.4 is 8.37 Å². The minimum Gasteiger partial charge on any atom is -0.507 e. The van der Waals surface area contributed by atoms with E-state index in [-0.39, 0.29) is 51.3 Å². The van der Waals surface area contributed by atoms with Crippen LogP contribution in [0.2, 0.25) is 0 Å². The van der Waals surface area contributed by atoms with Gasteiger partial charge in [-0.2, -0.15) is 43.2 Å². The topological polar surface area (TPSA) is 127 Å². The standard InChI is InChI=1S/C46H54F6O8S2/c1-41(2,3)33-17-25-13-26-18-34(42(4,5)6)20-28(38(26)54)15-30-22-36(44(10,11)12)24-32(40(30)60-62(57,58)46(50,51)52)16-31-23-35(43(7,8)9)21-29(14-27(19-33)37(25)53)39(31)59-61(55,56)45(47,48)49/h17-24,53-54H,13-16H2,1-12H3. The van der Waals surface area contributed by atoms with E-state index >= 15 is 0 Å². The number of hydrogen-bond acceptors (Lipinski definition) is 8. The Bertz CT molecular complexity index is 2460. The van der Waals surface area contributed by atoms with Crippen molar-refractivity contribution in [2.75, 3.05) is 0 Å². The van der Waals surface area contributed by atoms with Crippen LogP contribution in [0.15, 0.2) is 48.5 Å². The predicted molar refractivity (Wildman–Crippen MR) is 226 cm³/mol. The Balaban J connectivity index is 2.06. The number of benzene rings is 4. The second-order valence-corrected chi connectivity index (χ2v) is 23.3. The largest absolute Gasteiger partial charge is 0.534 e. The summed E-state index contributed by atoms with van der Waals surface area (Å²) >= 11 is 0. The zero-order valence-corrected chi connectivity index (χ0v) is 38.5. The first-order valence-corrected chi connectivity index (χ1v) is 22.7. The minimum absolute atomic E-state index is 0.107. The predicted octanol–water partition coefficient (Wildman–Crippen LogP) is 11.4. The summed E-state index contributed by atoms with van der Waals surface area (Å²) in [5, 5.41) is 24.1. The van der Waals surface area contributed by atoms with Crippen molar-refractivity contribution in [1.82, 2.24) is 0 Å². The van der Waals surface area contributed by atoms with Gasteiger partial charge >= 0.3 is 31.3 Å². The summed E-state index contributed by atoms with van der Waals surface area (Å²) in [6.45, 7) is 22.1. The third kappa shape index (κ3) is 10.2. The first kappa shape index (κ1) is 48.6. The summed E-state index contributed by atoms with van der Waals surface area (Å²) in [5.74, 6) is -2.16. The molecule has 0 spiro atoms. The maximum absolute atomic E-state index is 14.2. The third-order valence-corrected chi connectivity index (χ3v) is 12.9. The van der Waals surface area contributed by atoms with Crippen molar-refractivity contribution < 1.29 is 61.8 Å². The summed E-state index contributed by atoms with van der Waals surface area (Å²) in [6, 6.07) is 12.4. The summed E-state index contributed by atoms with van der Waals surface area (Å²) in [4.78, 5) is 0. The number of phenols is 2. The normalized spacial score (nSPS) is 14.7. The van der Waals surface area contributed by atoms with E-state index in [4.69, 9.17) is 8.37 Å². The molecule has 0 atom stereocenters. The fraction of sp³-hybridized carbons (Fsp3) is 0.478. The van der Waals surface area contributed by atoms with Gasteiger partial charge < -0.3 is 18.6 Å². The minimum atomic E-state index is -6.40. The monoisotopic (exact) mass is 912 g/mol. The van der Waals surface area contributed by atoms with Crippen molar-refractivity contribution in [3.8, 4) is 23.0 Å². The molecule has 1 aliphatic rings. The van der Waals surface area contributed by atoms with Crippen molar-refractivity contribution in [3.05, 3.63) is 115 Å². The van der Waals surface area contributed by atoms with Crippen LogP contribution >= 0.6 is 0 Å². The summed E-state index contributed by atoms with van der Waals surface area (Å²) in [6.07, 6.45) is -1.61. The van der Waals surface area contributed by atoms with Crippen LogP contribution in [0.1, 0.15) is 150 Å². The molecule has 0 fully saturated rings. The SMILES string of the molecule is CC(C)(C)c1cc2c(O)c(c1)Cc1cc(C(C)(C)C)cc(c1OS(=O)(=O)C(F)(F)F)Cc1cc(C(C)(C)C)cc(c1OS(=O)(=O)C(F)(F)F)Cc1cc(C(C)(C)C)cc(c1O)C2. The van der Waals surface area contributed by atoms with Gasteiger partial charge in [-0.3, -0.25) is 0 Å². The number of fused-ring (bicyclic) bond motifs is 8. The fourth-order valence-electron chi connectivity index (χ4n) is 7.17. The Hall–Kier alpha value is -4.44. The lowest BCUT2D eigenvalue weighted by Crippen LogP contribution is -2.29. The molecule has 62 heavy (non-hydrogen) atoms. The highest BCUT2D eigenvalue weighted by Crippen LogP contribution is 2.45. The second kappa shape index (κ2) is 15.7. The molecule has 4 aromatic rings. The van der Waals surface area contributed by atoms with Crippen LogP contribution in [0.5, 0.6) is 23.0 Å². The van der Waals surface area contributed by atoms with E-state index in [0.717, 1.165) is 0 Å². The number of alkyl halides is 6. The van der Waals surface area contributed by atoms with Gasteiger partial charge in [0.15, 0.2) is 0 Å². The van der Waals surface area contributed by atoms with Crippen LogP contribution in [0.4, 0.5) is 26.3 Å². The van der Waals surface area contributed by atoms with Crippen LogP contribution in [0.25, 0.3) is 0 Å². The number of aromatic hydroxyl groups is 2. The van der Waals surface area contributed by atoms with Crippen molar-refractivity contribution >= 4 is 20.2 Å². The molecule has 5 rings (SSSR count). The van der Waals surface area contributed by atoms with E-state index < -0.39 is 83.7 Å². The van der Waals surface area contributed by atoms with Crippen molar-refractivity contribution in [2.45, 2.75) is 141 Å². The summed E-state index contributed by atoms with van der Waals surface area (Å²) in [7, 11) is -12.8. The lowest BCUT2D eigenvalue weighted by atomic mass is 9.79. The van der Waals surface area contributed by atoms with Gasteiger partial charge in [-0.15, -0.1) is 0 Å². The Morgan fingerprint density at radius 3 is 0.758 bits per heavy atom. The fourth-order valence-corrected chi connectivity index (χ4v) is 8.23. The molecule has 2 N–H and O–H groups in total. The van der Waals surface area contributed by atoms with E-state index in [1.54, 1.807) is 65.8 Å². The van der Waals surface area contributed by atoms with E-state index in [2.05, 4.69) is 0 Å². The first-order valence-electron chi connectivity index (χ1n) is 19.8. The van der Waals surface area contributed by atoms with Crippen molar-refractivity contribution in [1.29, 1.82) is 0 Å². The van der Waals surface area contributed by atoms with Crippen LogP contribution in [0.3, 0.4) is 0 Å². The van der Waals surface area contributed by atoms with E-state index in [1.807, 2.05) is 41.5 Å².